The van der Waals surface area contributed by atoms with Crippen molar-refractivity contribution in [2.45, 2.75) is 39.0 Å². The summed E-state index contributed by atoms with van der Waals surface area (Å²) in [5.41, 5.74) is 1.40. The van der Waals surface area contributed by atoms with Crippen LogP contribution in [0, 0.1) is 5.92 Å². The lowest BCUT2D eigenvalue weighted by atomic mass is 10.1. The van der Waals surface area contributed by atoms with E-state index in [9.17, 15) is 14.4 Å². The molecule has 30 heavy (non-hydrogen) atoms. The second-order valence-electron chi connectivity index (χ2n) is 7.65. The van der Waals surface area contributed by atoms with Gasteiger partial charge in [-0.1, -0.05) is 26.0 Å². The van der Waals surface area contributed by atoms with Crippen LogP contribution in [0.3, 0.4) is 0 Å². The van der Waals surface area contributed by atoms with Crippen LogP contribution in [-0.4, -0.2) is 58.0 Å². The van der Waals surface area contributed by atoms with E-state index in [1.165, 1.54) is 21.2 Å². The van der Waals surface area contributed by atoms with Crippen molar-refractivity contribution in [3.05, 3.63) is 41.3 Å². The van der Waals surface area contributed by atoms with Crippen LogP contribution in [-0.2, 0) is 16.1 Å². The van der Waals surface area contributed by atoms with E-state index in [0.717, 1.165) is 17.7 Å². The minimum atomic E-state index is -0.492. The number of ether oxygens (including phenoxy) is 1. The summed E-state index contributed by atoms with van der Waals surface area (Å²) in [5.74, 6) is 0.742. The molecular formula is C22H28N3O4S+. The summed E-state index contributed by atoms with van der Waals surface area (Å²) in [6.07, 6.45) is 2.62. The number of carbonyl (C=O) groups is 3. The maximum atomic E-state index is 13.1. The number of hydrogen-bond donors (Lipinski definition) is 1. The van der Waals surface area contributed by atoms with E-state index >= 15 is 0 Å². The number of rotatable bonds is 9. The van der Waals surface area contributed by atoms with Gasteiger partial charge in [0.05, 0.1) is 6.61 Å². The van der Waals surface area contributed by atoms with Crippen LogP contribution in [0.4, 0.5) is 4.79 Å². The molecule has 8 heteroatoms. The van der Waals surface area contributed by atoms with Crippen molar-refractivity contribution in [3.8, 4) is 5.75 Å². The van der Waals surface area contributed by atoms with Crippen molar-refractivity contribution in [1.82, 2.24) is 10.2 Å². The maximum Gasteiger partial charge on any atom is 0.501 e. The molecule has 1 aromatic carbocycles. The summed E-state index contributed by atoms with van der Waals surface area (Å²) in [6.45, 7) is 7.28. The van der Waals surface area contributed by atoms with Gasteiger partial charge in [0.25, 0.3) is 5.91 Å². The Hall–Kier alpha value is -2.61. The Labute approximate surface area is 181 Å². The Kier molecular flexibility index (Phi) is 7.31. The summed E-state index contributed by atoms with van der Waals surface area (Å²) < 4.78 is 6.86. The zero-order valence-corrected chi connectivity index (χ0v) is 18.4. The Bertz CT molecular complexity index is 877. The molecule has 0 saturated carbocycles. The number of imide groups is 1. The van der Waals surface area contributed by atoms with Crippen LogP contribution in [0.15, 0.2) is 35.7 Å². The Morgan fingerprint density at radius 1 is 1.27 bits per heavy atom. The first-order valence-corrected chi connectivity index (χ1v) is 11.1. The fraction of sp³-hybridized carbons (Fsp3) is 0.455. The van der Waals surface area contributed by atoms with Gasteiger partial charge in [-0.05, 0) is 48.4 Å². The van der Waals surface area contributed by atoms with E-state index in [1.807, 2.05) is 31.2 Å². The van der Waals surface area contributed by atoms with Crippen molar-refractivity contribution < 1.29 is 23.7 Å². The van der Waals surface area contributed by atoms with Crippen molar-refractivity contribution in [1.29, 1.82) is 0 Å². The molecule has 2 heterocycles. The Morgan fingerprint density at radius 3 is 2.67 bits per heavy atom. The number of fused-ring (bicyclic) bond motifs is 1. The average molecular weight is 431 g/mol. The van der Waals surface area contributed by atoms with E-state index < -0.39 is 11.3 Å². The highest BCUT2D eigenvalue weighted by molar-refractivity contribution is 8.04. The van der Waals surface area contributed by atoms with Gasteiger partial charge in [-0.15, -0.1) is 11.8 Å². The number of amides is 4. The van der Waals surface area contributed by atoms with Crippen LogP contribution in [0.1, 0.15) is 32.8 Å². The lowest BCUT2D eigenvalue weighted by Gasteiger charge is -2.24. The molecule has 0 saturated heterocycles. The van der Waals surface area contributed by atoms with Crippen LogP contribution < -0.4 is 10.1 Å². The van der Waals surface area contributed by atoms with Crippen LogP contribution in [0.5, 0.6) is 5.75 Å². The monoisotopic (exact) mass is 430 g/mol. The zero-order chi connectivity index (χ0) is 21.7. The third kappa shape index (κ3) is 5.11. The van der Waals surface area contributed by atoms with Crippen LogP contribution in [0.2, 0.25) is 0 Å². The fourth-order valence-corrected chi connectivity index (χ4v) is 4.26. The summed E-state index contributed by atoms with van der Waals surface area (Å²) in [4.78, 5) is 39.7. The highest BCUT2D eigenvalue weighted by Gasteiger charge is 2.49. The van der Waals surface area contributed by atoms with Crippen molar-refractivity contribution in [2.24, 2.45) is 5.92 Å². The highest BCUT2D eigenvalue weighted by Crippen LogP contribution is 2.28. The van der Waals surface area contributed by atoms with Gasteiger partial charge in [0.1, 0.15) is 18.0 Å². The number of benzene rings is 1. The number of nitrogens with zero attached hydrogens (tertiary/aromatic N) is 2. The van der Waals surface area contributed by atoms with Gasteiger partial charge in [0.15, 0.2) is 11.8 Å². The quantitative estimate of drug-likeness (QED) is 0.610. The molecule has 0 spiro atoms. The highest BCUT2D eigenvalue weighted by atomic mass is 32.2. The number of urea groups is 1. The predicted octanol–water partition coefficient (Wildman–Crippen LogP) is 2.79. The molecule has 3 rings (SSSR count). The van der Waals surface area contributed by atoms with E-state index in [-0.39, 0.29) is 24.9 Å². The van der Waals surface area contributed by atoms with E-state index in [1.54, 1.807) is 11.5 Å². The fourth-order valence-electron chi connectivity index (χ4n) is 3.30. The molecule has 7 nitrogen and oxygen atoms in total. The van der Waals surface area contributed by atoms with Gasteiger partial charge < -0.3 is 10.1 Å². The second-order valence-corrected chi connectivity index (χ2v) is 8.66. The average Bonchev–Trinajstić information content (AvgIpc) is 3.20. The minimum absolute atomic E-state index is 0.0965. The largest absolute Gasteiger partial charge is 0.501 e. The summed E-state index contributed by atoms with van der Waals surface area (Å²) in [6, 6.07) is 6.86. The molecule has 2 aliphatic heterocycles. The van der Waals surface area contributed by atoms with Gasteiger partial charge in [-0.25, -0.2) is 4.79 Å². The summed E-state index contributed by atoms with van der Waals surface area (Å²) in [7, 11) is 0. The molecule has 160 valence electrons. The van der Waals surface area contributed by atoms with E-state index in [0.29, 0.717) is 24.8 Å². The second kappa shape index (κ2) is 9.93. The maximum absolute atomic E-state index is 13.1. The van der Waals surface area contributed by atoms with Gasteiger partial charge in [0.2, 0.25) is 0 Å². The molecule has 0 fully saturated rings. The predicted molar refractivity (Wildman–Crippen MR) is 117 cm³/mol. The molecular weight excluding hydrogens is 402 g/mol. The summed E-state index contributed by atoms with van der Waals surface area (Å²) >= 11 is 1.36. The minimum Gasteiger partial charge on any atom is -0.494 e. The Morgan fingerprint density at radius 2 is 2.00 bits per heavy atom. The molecule has 1 aromatic rings. The molecule has 2 aliphatic rings. The first-order valence-electron chi connectivity index (χ1n) is 10.2. The molecule has 1 N–H and O–H groups in total. The van der Waals surface area contributed by atoms with Gasteiger partial charge in [0, 0.05) is 6.54 Å². The van der Waals surface area contributed by atoms with Crippen LogP contribution in [0.25, 0.3) is 0 Å². The first-order chi connectivity index (χ1) is 14.4. The van der Waals surface area contributed by atoms with Crippen LogP contribution >= 0.6 is 11.8 Å². The molecule has 0 aliphatic carbocycles. The van der Waals surface area contributed by atoms with Crippen molar-refractivity contribution in [2.75, 3.05) is 19.7 Å². The van der Waals surface area contributed by atoms with Gasteiger partial charge in [-0.3, -0.25) is 4.79 Å². The van der Waals surface area contributed by atoms with Crippen molar-refractivity contribution >= 4 is 35.3 Å². The topological polar surface area (TPSA) is 78.7 Å². The smallest absolute Gasteiger partial charge is 0.494 e. The molecule has 1 atom stereocenters. The van der Waals surface area contributed by atoms with Crippen molar-refractivity contribution in [3.63, 3.8) is 0 Å². The van der Waals surface area contributed by atoms with Gasteiger partial charge >= 0.3 is 11.9 Å². The molecule has 0 radical (unpaired) electrons. The SMILES string of the molecule is CCOc1ccc(CN2C(=O)C3SC=CC3=[N+](CC(=O)NCCC(C)C)C2=O)cc1. The molecule has 4 amide bonds. The van der Waals surface area contributed by atoms with Gasteiger partial charge in [-0.2, -0.15) is 14.3 Å². The normalized spacial score (nSPS) is 18.3. The molecule has 1 unspecified atom stereocenters. The standard InChI is InChI=1S/C22H27N3O4S/c1-4-29-17-7-5-16(6-8-17)13-25-21(27)20-18(10-12-30-20)24(22(25)28)14-19(26)23-11-9-15(2)3/h5-8,10,12,15,20H,4,9,11,13-14H2,1-3H3/p+1. The van der Waals surface area contributed by atoms with E-state index in [4.69, 9.17) is 4.74 Å². The zero-order valence-electron chi connectivity index (χ0n) is 17.6. The number of hydrogen-bond acceptors (Lipinski definition) is 5. The Balaban J connectivity index is 1.75. The third-order valence-electron chi connectivity index (χ3n) is 4.91. The third-order valence-corrected chi connectivity index (χ3v) is 5.92. The lowest BCUT2D eigenvalue weighted by Crippen LogP contribution is -2.56. The molecule has 0 aromatic heterocycles. The number of carbonyl (C=O) groups excluding carboxylic acids is 3. The number of allylic oxidation sites excluding steroid dienone is 1. The first kappa shape index (κ1) is 22.1. The lowest BCUT2D eigenvalue weighted by molar-refractivity contribution is -0.427. The number of thioether (sulfide) groups is 1. The summed E-state index contributed by atoms with van der Waals surface area (Å²) in [5, 5.41) is 4.17. The van der Waals surface area contributed by atoms with E-state index in [2.05, 4.69) is 19.2 Å². The number of nitrogens with one attached hydrogen (secondary N) is 1. The molecule has 0 bridgehead atoms.